The van der Waals surface area contributed by atoms with Gasteiger partial charge in [-0.3, -0.25) is 14.6 Å². The van der Waals surface area contributed by atoms with Gasteiger partial charge >= 0.3 is 0 Å². The predicted molar refractivity (Wildman–Crippen MR) is 103 cm³/mol. The molecule has 1 aromatic carbocycles. The number of piperidine rings is 1. The van der Waals surface area contributed by atoms with Crippen LogP contribution in [0.2, 0.25) is 0 Å². The van der Waals surface area contributed by atoms with Gasteiger partial charge in [0, 0.05) is 37.9 Å². The third kappa shape index (κ3) is 3.72. The van der Waals surface area contributed by atoms with Crippen molar-refractivity contribution in [3.05, 3.63) is 65.0 Å². The molecule has 1 fully saturated rings. The maximum absolute atomic E-state index is 13.0. The summed E-state index contributed by atoms with van der Waals surface area (Å²) in [5.74, 6) is 0.561. The number of fused-ring (bicyclic) bond motifs is 1. The van der Waals surface area contributed by atoms with Crippen molar-refractivity contribution in [1.82, 2.24) is 14.8 Å². The molecule has 0 radical (unpaired) electrons. The Morgan fingerprint density at radius 1 is 0.963 bits per heavy atom. The fourth-order valence-electron chi connectivity index (χ4n) is 3.91. The average molecular weight is 363 g/mol. The van der Waals surface area contributed by atoms with Crippen molar-refractivity contribution in [2.45, 2.75) is 32.7 Å². The SMILES string of the molecule is CC1CCN(C(=O)c2cc(C(=O)N3CCc4ccccc4C3)ccn2)CC1. The fraction of sp³-hybridized carbons (Fsp3) is 0.409. The molecular weight excluding hydrogens is 338 g/mol. The standard InChI is InChI=1S/C22H25N3O2/c1-16-7-11-24(12-8-16)22(27)20-14-18(6-10-23-20)21(26)25-13-9-17-4-2-3-5-19(17)15-25/h2-6,10,14,16H,7-9,11-13,15H2,1H3. The van der Waals surface area contributed by atoms with E-state index >= 15 is 0 Å². The van der Waals surface area contributed by atoms with E-state index in [4.69, 9.17) is 0 Å². The molecule has 1 saturated heterocycles. The van der Waals surface area contributed by atoms with Gasteiger partial charge in [0.15, 0.2) is 0 Å². The minimum Gasteiger partial charge on any atom is -0.337 e. The Morgan fingerprint density at radius 3 is 2.48 bits per heavy atom. The molecule has 3 heterocycles. The van der Waals surface area contributed by atoms with Gasteiger partial charge in [-0.2, -0.15) is 0 Å². The fourth-order valence-corrected chi connectivity index (χ4v) is 3.91. The van der Waals surface area contributed by atoms with E-state index in [1.165, 1.54) is 11.1 Å². The summed E-state index contributed by atoms with van der Waals surface area (Å²) in [6, 6.07) is 11.6. The lowest BCUT2D eigenvalue weighted by atomic mass is 9.98. The normalized spacial score (nSPS) is 17.5. The van der Waals surface area contributed by atoms with Crippen molar-refractivity contribution in [2.75, 3.05) is 19.6 Å². The first kappa shape index (κ1) is 17.7. The molecule has 0 atom stereocenters. The number of carbonyl (C=O) groups is 2. The predicted octanol–water partition coefficient (Wildman–Crippen LogP) is 3.15. The molecule has 27 heavy (non-hydrogen) atoms. The topological polar surface area (TPSA) is 53.5 Å². The molecule has 2 amide bonds. The molecule has 5 nitrogen and oxygen atoms in total. The van der Waals surface area contributed by atoms with E-state index in [-0.39, 0.29) is 11.8 Å². The molecule has 2 aliphatic rings. The number of aromatic nitrogens is 1. The largest absolute Gasteiger partial charge is 0.337 e. The highest BCUT2D eigenvalue weighted by Crippen LogP contribution is 2.21. The summed E-state index contributed by atoms with van der Waals surface area (Å²) in [5.41, 5.74) is 3.42. The highest BCUT2D eigenvalue weighted by atomic mass is 16.2. The Labute approximate surface area is 160 Å². The lowest BCUT2D eigenvalue weighted by Crippen LogP contribution is -2.38. The van der Waals surface area contributed by atoms with Crippen LogP contribution in [0.15, 0.2) is 42.6 Å². The molecule has 0 N–H and O–H groups in total. The van der Waals surface area contributed by atoms with Gasteiger partial charge in [-0.1, -0.05) is 31.2 Å². The highest BCUT2D eigenvalue weighted by molar-refractivity contribution is 5.98. The second kappa shape index (κ2) is 7.51. The molecule has 0 unspecified atom stereocenters. The molecule has 0 aliphatic carbocycles. The quantitative estimate of drug-likeness (QED) is 0.824. The summed E-state index contributed by atoms with van der Waals surface area (Å²) in [5, 5.41) is 0. The maximum Gasteiger partial charge on any atom is 0.272 e. The summed E-state index contributed by atoms with van der Waals surface area (Å²) < 4.78 is 0. The van der Waals surface area contributed by atoms with Crippen molar-refractivity contribution in [3.63, 3.8) is 0 Å². The Hall–Kier alpha value is -2.69. The van der Waals surface area contributed by atoms with E-state index in [2.05, 4.69) is 24.0 Å². The van der Waals surface area contributed by atoms with Crippen molar-refractivity contribution >= 4 is 11.8 Å². The van der Waals surface area contributed by atoms with Crippen LogP contribution in [0.1, 0.15) is 51.7 Å². The van der Waals surface area contributed by atoms with Gasteiger partial charge < -0.3 is 9.80 Å². The lowest BCUT2D eigenvalue weighted by molar-refractivity contribution is 0.0691. The minimum absolute atomic E-state index is 0.0341. The van der Waals surface area contributed by atoms with Gasteiger partial charge in [-0.15, -0.1) is 0 Å². The molecule has 5 heteroatoms. The molecule has 0 saturated carbocycles. The van der Waals surface area contributed by atoms with E-state index in [9.17, 15) is 9.59 Å². The van der Waals surface area contributed by atoms with E-state index in [0.29, 0.717) is 30.3 Å². The highest BCUT2D eigenvalue weighted by Gasteiger charge is 2.25. The molecule has 0 spiro atoms. The zero-order valence-corrected chi connectivity index (χ0v) is 15.7. The summed E-state index contributed by atoms with van der Waals surface area (Å²) in [6.45, 7) is 5.07. The molecule has 140 valence electrons. The Kier molecular flexibility index (Phi) is 4.92. The minimum atomic E-state index is -0.0689. The van der Waals surface area contributed by atoms with Gasteiger partial charge in [0.05, 0.1) is 0 Å². The van der Waals surface area contributed by atoms with Crippen LogP contribution in [0.25, 0.3) is 0 Å². The van der Waals surface area contributed by atoms with Gasteiger partial charge in [0.25, 0.3) is 11.8 Å². The average Bonchev–Trinajstić information content (AvgIpc) is 2.73. The Balaban J connectivity index is 1.49. The van der Waals surface area contributed by atoms with E-state index in [0.717, 1.165) is 32.4 Å². The number of rotatable bonds is 2. The molecular formula is C22H25N3O2. The van der Waals surface area contributed by atoms with Gasteiger partial charge in [-0.25, -0.2) is 0 Å². The van der Waals surface area contributed by atoms with Crippen LogP contribution >= 0.6 is 0 Å². The number of benzene rings is 1. The summed E-state index contributed by atoms with van der Waals surface area (Å²) in [6.07, 6.45) is 4.49. The molecule has 2 aliphatic heterocycles. The van der Waals surface area contributed by atoms with Crippen molar-refractivity contribution < 1.29 is 9.59 Å². The molecule has 1 aromatic heterocycles. The van der Waals surface area contributed by atoms with Crippen LogP contribution in [0.3, 0.4) is 0 Å². The smallest absolute Gasteiger partial charge is 0.272 e. The zero-order valence-electron chi connectivity index (χ0n) is 15.7. The number of hydrogen-bond acceptors (Lipinski definition) is 3. The number of pyridine rings is 1. The molecule has 4 rings (SSSR count). The van der Waals surface area contributed by atoms with Crippen molar-refractivity contribution in [1.29, 1.82) is 0 Å². The van der Waals surface area contributed by atoms with Crippen molar-refractivity contribution in [2.24, 2.45) is 5.92 Å². The van der Waals surface area contributed by atoms with Crippen LogP contribution in [0.5, 0.6) is 0 Å². The third-order valence-electron chi connectivity index (χ3n) is 5.71. The van der Waals surface area contributed by atoms with Gasteiger partial charge in [0.2, 0.25) is 0 Å². The number of nitrogens with zero attached hydrogens (tertiary/aromatic N) is 3. The number of likely N-dealkylation sites (tertiary alicyclic amines) is 1. The van der Waals surface area contributed by atoms with Crippen molar-refractivity contribution in [3.8, 4) is 0 Å². The maximum atomic E-state index is 13.0. The second-order valence-corrected chi connectivity index (χ2v) is 7.65. The molecule has 2 aromatic rings. The van der Waals surface area contributed by atoms with E-state index < -0.39 is 0 Å². The monoisotopic (exact) mass is 363 g/mol. The second-order valence-electron chi connectivity index (χ2n) is 7.65. The number of carbonyl (C=O) groups excluding carboxylic acids is 2. The summed E-state index contributed by atoms with van der Waals surface area (Å²) in [7, 11) is 0. The first-order chi connectivity index (χ1) is 13.1. The van der Waals surface area contributed by atoms with Gasteiger partial charge in [-0.05, 0) is 48.4 Å². The van der Waals surface area contributed by atoms with Crippen LogP contribution in [0.4, 0.5) is 0 Å². The first-order valence-electron chi connectivity index (χ1n) is 9.73. The van der Waals surface area contributed by atoms with Crippen LogP contribution in [-0.4, -0.2) is 46.2 Å². The number of amides is 2. The zero-order chi connectivity index (χ0) is 18.8. The Bertz CT molecular complexity index is 856. The van der Waals surface area contributed by atoms with E-state index in [1.54, 1.807) is 18.3 Å². The third-order valence-corrected chi connectivity index (χ3v) is 5.71. The lowest BCUT2D eigenvalue weighted by Gasteiger charge is -2.30. The Morgan fingerprint density at radius 2 is 1.70 bits per heavy atom. The summed E-state index contributed by atoms with van der Waals surface area (Å²) in [4.78, 5) is 33.7. The van der Waals surface area contributed by atoms with Crippen LogP contribution in [0, 0.1) is 5.92 Å². The first-order valence-corrected chi connectivity index (χ1v) is 9.73. The van der Waals surface area contributed by atoms with E-state index in [1.807, 2.05) is 21.9 Å². The number of hydrogen-bond donors (Lipinski definition) is 0. The van der Waals surface area contributed by atoms with Crippen LogP contribution < -0.4 is 0 Å². The molecule has 0 bridgehead atoms. The summed E-state index contributed by atoms with van der Waals surface area (Å²) >= 11 is 0. The van der Waals surface area contributed by atoms with Crippen LogP contribution in [-0.2, 0) is 13.0 Å². The van der Waals surface area contributed by atoms with Gasteiger partial charge in [0.1, 0.15) is 5.69 Å².